The Hall–Kier alpha value is -3.51. The number of rotatable bonds is 7. The predicted octanol–water partition coefficient (Wildman–Crippen LogP) is 8.74. The van der Waals surface area contributed by atoms with Crippen molar-refractivity contribution in [3.8, 4) is 11.3 Å². The summed E-state index contributed by atoms with van der Waals surface area (Å²) >= 11 is 1.52. The standard InChI is InChI=1S/C35H40N2O3S/c1-7-40-34(39)31-26-17-16-24(35(4,5)6)19-30(26)41-33(31)37-32(38)27-20-29(36-28-11-9-8-10-25(27)28)23-14-12-22(13-15-23)18-21(2)3/h8-15,20-21,24H,7,16-19H2,1-6H3,(H,37,38). The van der Waals surface area contributed by atoms with Gasteiger partial charge < -0.3 is 10.1 Å². The second-order valence-electron chi connectivity index (χ2n) is 12.6. The van der Waals surface area contributed by atoms with E-state index in [1.807, 2.05) is 37.3 Å². The van der Waals surface area contributed by atoms with Gasteiger partial charge in [0.1, 0.15) is 5.00 Å². The smallest absolute Gasteiger partial charge is 0.341 e. The highest BCUT2D eigenvalue weighted by Gasteiger charge is 2.34. The summed E-state index contributed by atoms with van der Waals surface area (Å²) in [5, 5.41) is 4.48. The van der Waals surface area contributed by atoms with Crippen molar-refractivity contribution in [2.45, 2.75) is 67.2 Å². The number of hydrogen-bond acceptors (Lipinski definition) is 5. The van der Waals surface area contributed by atoms with Crippen molar-refractivity contribution in [3.05, 3.63) is 81.7 Å². The van der Waals surface area contributed by atoms with Gasteiger partial charge in [-0.1, -0.05) is 77.1 Å². The van der Waals surface area contributed by atoms with Crippen LogP contribution >= 0.6 is 11.3 Å². The van der Waals surface area contributed by atoms with Gasteiger partial charge >= 0.3 is 5.97 Å². The molecule has 41 heavy (non-hydrogen) atoms. The number of carbonyl (C=O) groups excluding carboxylic acids is 2. The van der Waals surface area contributed by atoms with E-state index < -0.39 is 0 Å². The fraction of sp³-hybridized carbons (Fsp3) is 0.400. The van der Waals surface area contributed by atoms with Crippen molar-refractivity contribution in [2.24, 2.45) is 17.3 Å². The van der Waals surface area contributed by atoms with E-state index in [1.165, 1.54) is 21.8 Å². The highest BCUT2D eigenvalue weighted by Crippen LogP contribution is 2.44. The summed E-state index contributed by atoms with van der Waals surface area (Å²) in [4.78, 5) is 33.2. The highest BCUT2D eigenvalue weighted by molar-refractivity contribution is 7.17. The lowest BCUT2D eigenvalue weighted by atomic mass is 9.72. The quantitative estimate of drug-likeness (QED) is 0.226. The zero-order valence-corrected chi connectivity index (χ0v) is 25.8. The predicted molar refractivity (Wildman–Crippen MR) is 169 cm³/mol. The summed E-state index contributed by atoms with van der Waals surface area (Å²) in [5.74, 6) is 0.483. The van der Waals surface area contributed by atoms with E-state index in [1.54, 1.807) is 0 Å². The second-order valence-corrected chi connectivity index (χ2v) is 13.7. The van der Waals surface area contributed by atoms with Crippen molar-refractivity contribution in [1.29, 1.82) is 0 Å². The zero-order valence-electron chi connectivity index (χ0n) is 25.0. The summed E-state index contributed by atoms with van der Waals surface area (Å²) in [6, 6.07) is 18.0. The number of para-hydroxylation sites is 1. The fourth-order valence-electron chi connectivity index (χ4n) is 5.80. The second kappa shape index (κ2) is 11.8. The molecule has 0 bridgehead atoms. The highest BCUT2D eigenvalue weighted by atomic mass is 32.1. The van der Waals surface area contributed by atoms with Gasteiger partial charge in [0.2, 0.25) is 0 Å². The van der Waals surface area contributed by atoms with Crippen LogP contribution in [0.5, 0.6) is 0 Å². The number of thiophene rings is 1. The van der Waals surface area contributed by atoms with Crippen LogP contribution < -0.4 is 5.32 Å². The molecule has 2 aromatic carbocycles. The molecule has 0 aliphatic heterocycles. The number of fused-ring (bicyclic) bond motifs is 2. The Balaban J connectivity index is 1.52. The van der Waals surface area contributed by atoms with E-state index in [-0.39, 0.29) is 23.9 Å². The molecule has 1 N–H and O–H groups in total. The molecule has 0 radical (unpaired) electrons. The average Bonchev–Trinajstić information content (AvgIpc) is 3.29. The zero-order chi connectivity index (χ0) is 29.3. The number of benzene rings is 2. The summed E-state index contributed by atoms with van der Waals surface area (Å²) in [5.41, 5.74) is 6.01. The molecule has 0 fully saturated rings. The largest absolute Gasteiger partial charge is 0.462 e. The third-order valence-corrected chi connectivity index (χ3v) is 9.22. The van der Waals surface area contributed by atoms with Crippen LogP contribution in [0, 0.1) is 17.3 Å². The molecular weight excluding hydrogens is 528 g/mol. The summed E-state index contributed by atoms with van der Waals surface area (Å²) < 4.78 is 5.46. The number of hydrogen-bond donors (Lipinski definition) is 1. The van der Waals surface area contributed by atoms with Crippen LogP contribution in [0.25, 0.3) is 22.2 Å². The molecule has 1 atom stereocenters. The lowest BCUT2D eigenvalue weighted by Crippen LogP contribution is -2.26. The maximum atomic E-state index is 14.0. The van der Waals surface area contributed by atoms with Gasteiger partial charge in [0.25, 0.3) is 5.91 Å². The summed E-state index contributed by atoms with van der Waals surface area (Å²) in [7, 11) is 0. The lowest BCUT2D eigenvalue weighted by Gasteiger charge is -2.33. The molecule has 6 heteroatoms. The molecular formula is C35H40N2O3S. The third-order valence-electron chi connectivity index (χ3n) is 8.05. The van der Waals surface area contributed by atoms with Gasteiger partial charge in [-0.15, -0.1) is 11.3 Å². The first-order valence-corrected chi connectivity index (χ1v) is 15.5. The Bertz CT molecular complexity index is 1580. The SMILES string of the molecule is CCOC(=O)c1c(NC(=O)c2cc(-c3ccc(CC(C)C)cc3)nc3ccccc23)sc2c1CCC(C(C)(C)C)C2. The fourth-order valence-corrected chi connectivity index (χ4v) is 7.11. The molecule has 5 rings (SSSR count). The van der Waals surface area contributed by atoms with Gasteiger partial charge in [-0.2, -0.15) is 0 Å². The Morgan fingerprint density at radius 3 is 2.51 bits per heavy atom. The molecule has 214 valence electrons. The van der Waals surface area contributed by atoms with E-state index in [0.717, 1.165) is 53.4 Å². The number of nitrogens with zero attached hydrogens (tertiary/aromatic N) is 1. The van der Waals surface area contributed by atoms with Crippen molar-refractivity contribution >= 4 is 39.1 Å². The molecule has 0 spiro atoms. The van der Waals surface area contributed by atoms with Gasteiger partial charge in [0.15, 0.2) is 0 Å². The average molecular weight is 569 g/mol. The van der Waals surface area contributed by atoms with Gasteiger partial charge in [0, 0.05) is 15.8 Å². The van der Waals surface area contributed by atoms with E-state index in [0.29, 0.717) is 28.0 Å². The van der Waals surface area contributed by atoms with E-state index >= 15 is 0 Å². The van der Waals surface area contributed by atoms with Crippen molar-refractivity contribution in [1.82, 2.24) is 4.98 Å². The van der Waals surface area contributed by atoms with Gasteiger partial charge in [0.05, 0.1) is 28.9 Å². The molecule has 4 aromatic rings. The minimum atomic E-state index is -0.365. The number of ether oxygens (including phenoxy) is 1. The minimum absolute atomic E-state index is 0.175. The summed E-state index contributed by atoms with van der Waals surface area (Å²) in [6.45, 7) is 13.3. The molecule has 5 nitrogen and oxygen atoms in total. The van der Waals surface area contributed by atoms with Crippen LogP contribution in [-0.4, -0.2) is 23.5 Å². The topological polar surface area (TPSA) is 68.3 Å². The normalized spacial score (nSPS) is 15.1. The van der Waals surface area contributed by atoms with E-state index in [2.05, 4.69) is 64.2 Å². The number of amides is 1. The first kappa shape index (κ1) is 29.0. The van der Waals surface area contributed by atoms with Crippen LogP contribution in [0.2, 0.25) is 0 Å². The monoisotopic (exact) mass is 568 g/mol. The molecule has 1 aliphatic carbocycles. The Kier molecular flexibility index (Phi) is 8.32. The van der Waals surface area contributed by atoms with Crippen LogP contribution in [0.15, 0.2) is 54.6 Å². The minimum Gasteiger partial charge on any atom is -0.462 e. The molecule has 1 amide bonds. The number of pyridine rings is 1. The van der Waals surface area contributed by atoms with Gasteiger partial charge in [-0.25, -0.2) is 9.78 Å². The maximum absolute atomic E-state index is 14.0. The van der Waals surface area contributed by atoms with Gasteiger partial charge in [-0.05, 0) is 73.1 Å². The van der Waals surface area contributed by atoms with E-state index in [9.17, 15) is 9.59 Å². The number of esters is 1. The molecule has 0 saturated carbocycles. The molecule has 2 aromatic heterocycles. The molecule has 1 unspecified atom stereocenters. The van der Waals surface area contributed by atoms with Crippen LogP contribution in [0.4, 0.5) is 5.00 Å². The van der Waals surface area contributed by atoms with Gasteiger partial charge in [-0.3, -0.25) is 4.79 Å². The van der Waals surface area contributed by atoms with Crippen LogP contribution in [0.3, 0.4) is 0 Å². The number of carbonyl (C=O) groups is 2. The Morgan fingerprint density at radius 2 is 1.83 bits per heavy atom. The number of nitrogens with one attached hydrogen (secondary N) is 1. The molecule has 1 aliphatic rings. The van der Waals surface area contributed by atoms with Crippen molar-refractivity contribution in [2.75, 3.05) is 11.9 Å². The van der Waals surface area contributed by atoms with Crippen LogP contribution in [-0.2, 0) is 24.0 Å². The third kappa shape index (κ3) is 6.23. The maximum Gasteiger partial charge on any atom is 0.341 e. The first-order valence-electron chi connectivity index (χ1n) is 14.7. The van der Waals surface area contributed by atoms with E-state index in [4.69, 9.17) is 9.72 Å². The van der Waals surface area contributed by atoms with Crippen molar-refractivity contribution in [3.63, 3.8) is 0 Å². The molecule has 2 heterocycles. The Labute approximate surface area is 247 Å². The number of aromatic nitrogens is 1. The first-order chi connectivity index (χ1) is 19.5. The number of anilines is 1. The van der Waals surface area contributed by atoms with Crippen molar-refractivity contribution < 1.29 is 14.3 Å². The Morgan fingerprint density at radius 1 is 1.10 bits per heavy atom. The molecule has 0 saturated heterocycles. The summed E-state index contributed by atoms with van der Waals surface area (Å²) in [6.07, 6.45) is 3.75. The lowest BCUT2D eigenvalue weighted by molar-refractivity contribution is 0.0526. The van der Waals surface area contributed by atoms with Crippen LogP contribution in [0.1, 0.15) is 84.7 Å².